The number of aromatic amines is 1. The number of nitrogens with one attached hydrogen (secondary N) is 3. The second kappa shape index (κ2) is 8.58. The van der Waals surface area contributed by atoms with Crippen molar-refractivity contribution >= 4 is 45.2 Å². The smallest absolute Gasteiger partial charge is 0.270 e. The maximum atomic E-state index is 13.0. The van der Waals surface area contributed by atoms with Crippen molar-refractivity contribution in [1.82, 2.24) is 25.6 Å². The fraction of sp³-hybridized carbons (Fsp3) is 0.120. The van der Waals surface area contributed by atoms with E-state index in [2.05, 4.69) is 25.6 Å². The molecule has 0 aliphatic heterocycles. The Morgan fingerprint density at radius 2 is 1.83 bits per heavy atom. The van der Waals surface area contributed by atoms with Crippen LogP contribution in [-0.4, -0.2) is 56.6 Å². The number of para-hydroxylation sites is 1. The number of fused-ring (bicyclic) bond motifs is 4. The van der Waals surface area contributed by atoms with Gasteiger partial charge in [0.15, 0.2) is 5.78 Å². The Hall–Kier alpha value is -4.70. The minimum Gasteiger partial charge on any atom is -0.395 e. The van der Waals surface area contributed by atoms with Gasteiger partial charge < -0.3 is 20.7 Å². The molecule has 1 aromatic carbocycles. The molecule has 0 saturated carbocycles. The quantitative estimate of drug-likeness (QED) is 0.348. The van der Waals surface area contributed by atoms with Gasteiger partial charge in [0.25, 0.3) is 5.91 Å². The number of pyridine rings is 2. The second-order valence-corrected chi connectivity index (χ2v) is 7.95. The SMILES string of the molecule is CC(=O)NC1=CC(=O)c2ccc(-c3nc(C(=O)NCCO)cc4c3[nH]c3ccccc34)nc2C1=O. The van der Waals surface area contributed by atoms with Gasteiger partial charge in [0.1, 0.15) is 17.1 Å². The third-order valence-electron chi connectivity index (χ3n) is 5.58. The molecule has 0 spiro atoms. The first-order chi connectivity index (χ1) is 16.9. The number of rotatable bonds is 5. The van der Waals surface area contributed by atoms with Crippen LogP contribution in [0, 0.1) is 0 Å². The molecule has 1 aliphatic carbocycles. The number of aromatic nitrogens is 3. The Kier molecular flexibility index (Phi) is 5.42. The van der Waals surface area contributed by atoms with Gasteiger partial charge in [-0.2, -0.15) is 0 Å². The lowest BCUT2D eigenvalue weighted by Gasteiger charge is -2.15. The number of nitrogens with zero attached hydrogens (tertiary/aromatic N) is 2. The second-order valence-electron chi connectivity index (χ2n) is 7.95. The Labute approximate surface area is 198 Å². The van der Waals surface area contributed by atoms with Crippen molar-refractivity contribution in [2.24, 2.45) is 0 Å². The lowest BCUT2D eigenvalue weighted by molar-refractivity contribution is -0.118. The number of allylic oxidation sites excluding steroid dienone is 2. The highest BCUT2D eigenvalue weighted by Crippen LogP contribution is 2.33. The highest BCUT2D eigenvalue weighted by atomic mass is 16.3. The minimum absolute atomic E-state index is 0.0632. The predicted octanol–water partition coefficient (Wildman–Crippen LogP) is 1.90. The minimum atomic E-state index is -0.596. The van der Waals surface area contributed by atoms with Crippen LogP contribution in [0.2, 0.25) is 0 Å². The highest BCUT2D eigenvalue weighted by molar-refractivity contribution is 6.24. The first-order valence-corrected chi connectivity index (χ1v) is 10.8. The average molecular weight is 469 g/mol. The zero-order chi connectivity index (χ0) is 24.7. The van der Waals surface area contributed by atoms with E-state index in [-0.39, 0.29) is 41.5 Å². The molecule has 0 bridgehead atoms. The normalized spacial score (nSPS) is 13.0. The van der Waals surface area contributed by atoms with Crippen LogP contribution < -0.4 is 10.6 Å². The van der Waals surface area contributed by atoms with Crippen molar-refractivity contribution in [3.05, 3.63) is 71.2 Å². The summed E-state index contributed by atoms with van der Waals surface area (Å²) in [5, 5.41) is 15.6. The molecular weight excluding hydrogens is 450 g/mol. The number of Topliss-reactive ketones (excluding diaryl/α,β-unsaturated/α-hetero) is 1. The molecule has 0 unspecified atom stereocenters. The average Bonchev–Trinajstić information content (AvgIpc) is 3.23. The number of hydrogen-bond donors (Lipinski definition) is 4. The molecule has 1 aliphatic rings. The van der Waals surface area contributed by atoms with Crippen LogP contribution in [0.25, 0.3) is 33.2 Å². The van der Waals surface area contributed by atoms with E-state index in [0.29, 0.717) is 11.2 Å². The van der Waals surface area contributed by atoms with Crippen molar-refractivity contribution in [3.63, 3.8) is 0 Å². The molecule has 0 fully saturated rings. The van der Waals surface area contributed by atoms with Gasteiger partial charge in [-0.05, 0) is 24.3 Å². The maximum Gasteiger partial charge on any atom is 0.270 e. The summed E-state index contributed by atoms with van der Waals surface area (Å²) in [4.78, 5) is 61.9. The van der Waals surface area contributed by atoms with Gasteiger partial charge in [0.05, 0.1) is 29.1 Å². The molecule has 2 amide bonds. The molecule has 10 nitrogen and oxygen atoms in total. The molecular formula is C25H19N5O5. The Balaban J connectivity index is 1.71. The van der Waals surface area contributed by atoms with Gasteiger partial charge in [0.2, 0.25) is 11.7 Å². The molecule has 0 atom stereocenters. The van der Waals surface area contributed by atoms with Crippen molar-refractivity contribution in [3.8, 4) is 11.4 Å². The summed E-state index contributed by atoms with van der Waals surface area (Å²) in [6.45, 7) is 1.08. The number of aliphatic hydroxyl groups excluding tert-OH is 1. The first-order valence-electron chi connectivity index (χ1n) is 10.8. The summed E-state index contributed by atoms with van der Waals surface area (Å²) in [5.74, 6) is -2.02. The summed E-state index contributed by atoms with van der Waals surface area (Å²) in [7, 11) is 0. The van der Waals surface area contributed by atoms with Gasteiger partial charge in [-0.1, -0.05) is 18.2 Å². The van der Waals surface area contributed by atoms with E-state index in [9.17, 15) is 19.2 Å². The maximum absolute atomic E-state index is 13.0. The number of carbonyl (C=O) groups excluding carboxylic acids is 4. The fourth-order valence-corrected chi connectivity index (χ4v) is 4.05. The number of aliphatic hydroxyl groups is 1. The van der Waals surface area contributed by atoms with Crippen molar-refractivity contribution < 1.29 is 24.3 Å². The molecule has 0 saturated heterocycles. The number of carbonyl (C=O) groups is 4. The number of hydrogen-bond acceptors (Lipinski definition) is 7. The van der Waals surface area contributed by atoms with E-state index in [1.165, 1.54) is 13.0 Å². The van der Waals surface area contributed by atoms with Crippen LogP contribution >= 0.6 is 0 Å². The summed E-state index contributed by atoms with van der Waals surface area (Å²) in [6, 6.07) is 12.2. The topological polar surface area (TPSA) is 154 Å². The van der Waals surface area contributed by atoms with Gasteiger partial charge in [-0.3, -0.25) is 19.2 Å². The van der Waals surface area contributed by atoms with E-state index >= 15 is 0 Å². The molecule has 174 valence electrons. The Bertz CT molecular complexity index is 1600. The van der Waals surface area contributed by atoms with E-state index in [1.807, 2.05) is 24.3 Å². The molecule has 4 aromatic rings. The van der Waals surface area contributed by atoms with Crippen molar-refractivity contribution in [2.45, 2.75) is 6.92 Å². The monoisotopic (exact) mass is 469 g/mol. The molecule has 10 heteroatoms. The molecule has 0 radical (unpaired) electrons. The third kappa shape index (κ3) is 3.85. The van der Waals surface area contributed by atoms with Crippen LogP contribution in [0.4, 0.5) is 0 Å². The van der Waals surface area contributed by atoms with Crippen molar-refractivity contribution in [2.75, 3.05) is 13.2 Å². The number of amides is 2. The summed E-state index contributed by atoms with van der Waals surface area (Å²) < 4.78 is 0. The molecule has 4 N–H and O–H groups in total. The fourth-order valence-electron chi connectivity index (χ4n) is 4.05. The van der Waals surface area contributed by atoms with Gasteiger partial charge in [-0.15, -0.1) is 0 Å². The van der Waals surface area contributed by atoms with Gasteiger partial charge >= 0.3 is 0 Å². The van der Waals surface area contributed by atoms with E-state index in [1.54, 1.807) is 12.1 Å². The van der Waals surface area contributed by atoms with Crippen LogP contribution in [-0.2, 0) is 4.79 Å². The Morgan fingerprint density at radius 3 is 2.60 bits per heavy atom. The van der Waals surface area contributed by atoms with Crippen LogP contribution in [0.5, 0.6) is 0 Å². The highest BCUT2D eigenvalue weighted by Gasteiger charge is 2.29. The standard InChI is InChI=1S/C25H19N5O5/c1-12(32)27-18-11-20(33)14-6-7-17(29-22(14)24(18)34)23-21-15(13-4-2-3-5-16(13)28-21)10-19(30-23)25(35)26-8-9-31/h2-7,10-11,28,31H,8-9H2,1H3,(H,26,35)(H,27,32). The first kappa shape index (κ1) is 22.1. The van der Waals surface area contributed by atoms with Crippen LogP contribution in [0.15, 0.2) is 54.2 Å². The summed E-state index contributed by atoms with van der Waals surface area (Å²) >= 11 is 0. The third-order valence-corrected chi connectivity index (χ3v) is 5.58. The molecule has 5 rings (SSSR count). The van der Waals surface area contributed by atoms with E-state index in [0.717, 1.165) is 22.4 Å². The predicted molar refractivity (Wildman–Crippen MR) is 127 cm³/mol. The summed E-state index contributed by atoms with van der Waals surface area (Å²) in [5.41, 5.74) is 1.95. The molecule has 3 aromatic heterocycles. The molecule has 35 heavy (non-hydrogen) atoms. The summed E-state index contributed by atoms with van der Waals surface area (Å²) in [6.07, 6.45) is 1.08. The largest absolute Gasteiger partial charge is 0.395 e. The van der Waals surface area contributed by atoms with Crippen LogP contribution in [0.3, 0.4) is 0 Å². The van der Waals surface area contributed by atoms with E-state index < -0.39 is 23.4 Å². The van der Waals surface area contributed by atoms with Crippen molar-refractivity contribution in [1.29, 1.82) is 0 Å². The van der Waals surface area contributed by atoms with E-state index in [4.69, 9.17) is 5.11 Å². The zero-order valence-electron chi connectivity index (χ0n) is 18.5. The number of ketones is 2. The van der Waals surface area contributed by atoms with Gasteiger partial charge in [-0.25, -0.2) is 9.97 Å². The Morgan fingerprint density at radius 1 is 1.03 bits per heavy atom. The lowest BCUT2D eigenvalue weighted by Crippen LogP contribution is -2.30. The number of benzene rings is 1. The molecule has 3 heterocycles. The lowest BCUT2D eigenvalue weighted by atomic mass is 9.96. The van der Waals surface area contributed by atoms with Crippen LogP contribution in [0.1, 0.15) is 38.3 Å². The zero-order valence-corrected chi connectivity index (χ0v) is 18.5. The van der Waals surface area contributed by atoms with Gasteiger partial charge in [0, 0.05) is 35.8 Å². The number of H-pyrrole nitrogens is 1.